The molecule has 4 rings (SSSR count). The Morgan fingerprint density at radius 2 is 2.15 bits per heavy atom. The van der Waals surface area contributed by atoms with Crippen molar-refractivity contribution in [2.24, 2.45) is 0 Å². The first-order chi connectivity index (χ1) is 13.2. The summed E-state index contributed by atoms with van der Waals surface area (Å²) in [6.45, 7) is 3.15. The van der Waals surface area contributed by atoms with E-state index in [0.29, 0.717) is 25.6 Å². The largest absolute Gasteiger partial charge is 0.371 e. The van der Waals surface area contributed by atoms with Gasteiger partial charge in [0.25, 0.3) is 0 Å². The van der Waals surface area contributed by atoms with E-state index >= 15 is 0 Å². The fraction of sp³-hybridized carbons (Fsp3) is 0.526. The highest BCUT2D eigenvalue weighted by molar-refractivity contribution is 6.30. The van der Waals surface area contributed by atoms with Crippen molar-refractivity contribution < 1.29 is 9.53 Å². The molecule has 0 saturated carbocycles. The molecule has 2 aliphatic rings. The third-order valence-corrected chi connectivity index (χ3v) is 5.53. The molecule has 0 spiro atoms. The van der Waals surface area contributed by atoms with E-state index in [1.165, 1.54) is 6.33 Å². The summed E-state index contributed by atoms with van der Waals surface area (Å²) in [7, 11) is 0. The van der Waals surface area contributed by atoms with Crippen molar-refractivity contribution in [1.29, 1.82) is 0 Å². The van der Waals surface area contributed by atoms with Gasteiger partial charge in [0.15, 0.2) is 0 Å². The van der Waals surface area contributed by atoms with Crippen molar-refractivity contribution in [2.75, 3.05) is 19.7 Å². The van der Waals surface area contributed by atoms with Gasteiger partial charge in [-0.05, 0) is 30.5 Å². The predicted molar refractivity (Wildman–Crippen MR) is 101 cm³/mol. The minimum absolute atomic E-state index is 0.0654. The lowest BCUT2D eigenvalue weighted by atomic mass is 10.1. The van der Waals surface area contributed by atoms with Crippen molar-refractivity contribution >= 4 is 17.5 Å². The molecule has 1 aromatic carbocycles. The van der Waals surface area contributed by atoms with Crippen LogP contribution in [0.3, 0.4) is 0 Å². The van der Waals surface area contributed by atoms with E-state index in [4.69, 9.17) is 16.3 Å². The Balaban J connectivity index is 1.23. The highest BCUT2D eigenvalue weighted by Crippen LogP contribution is 2.30. The molecule has 7 nitrogen and oxygen atoms in total. The van der Waals surface area contributed by atoms with Gasteiger partial charge in [0.2, 0.25) is 5.91 Å². The Bertz CT molecular complexity index is 752. The topological polar surface area (TPSA) is 72.3 Å². The van der Waals surface area contributed by atoms with Gasteiger partial charge in [-0.25, -0.2) is 4.98 Å². The molecule has 2 aliphatic heterocycles. The fourth-order valence-corrected chi connectivity index (χ4v) is 4.03. The zero-order valence-corrected chi connectivity index (χ0v) is 15.9. The smallest absolute Gasteiger partial charge is 0.220 e. The van der Waals surface area contributed by atoms with Gasteiger partial charge in [0.1, 0.15) is 12.7 Å². The van der Waals surface area contributed by atoms with E-state index < -0.39 is 0 Å². The third-order valence-electron chi connectivity index (χ3n) is 5.28. The number of carbonyl (C=O) groups is 1. The first kappa shape index (κ1) is 18.4. The number of carbonyl (C=O) groups excluding carboxylic acids is 1. The first-order valence-electron chi connectivity index (χ1n) is 9.40. The molecule has 1 N–H and O–H groups in total. The number of fused-ring (bicyclic) bond motifs is 1. The van der Waals surface area contributed by atoms with Gasteiger partial charge in [-0.15, -0.1) is 0 Å². The van der Waals surface area contributed by atoms with Gasteiger partial charge >= 0.3 is 0 Å². The molecule has 3 heterocycles. The van der Waals surface area contributed by atoms with Crippen molar-refractivity contribution in [3.8, 4) is 0 Å². The average molecular weight is 390 g/mol. The number of nitrogens with zero attached hydrogens (tertiary/aromatic N) is 4. The van der Waals surface area contributed by atoms with Crippen LogP contribution in [0.2, 0.25) is 5.02 Å². The summed E-state index contributed by atoms with van der Waals surface area (Å²) in [6.07, 6.45) is 5.46. The summed E-state index contributed by atoms with van der Waals surface area (Å²) in [5, 5.41) is 7.96. The number of ether oxygens (including phenoxy) is 1. The molecule has 2 saturated heterocycles. The van der Waals surface area contributed by atoms with Crippen molar-refractivity contribution in [2.45, 2.75) is 44.0 Å². The molecule has 0 bridgehead atoms. The number of nitrogens with one attached hydrogen (secondary N) is 1. The van der Waals surface area contributed by atoms with Gasteiger partial charge in [-0.1, -0.05) is 23.7 Å². The Morgan fingerprint density at radius 1 is 1.30 bits per heavy atom. The molecule has 0 aliphatic carbocycles. The van der Waals surface area contributed by atoms with Gasteiger partial charge in [0, 0.05) is 43.2 Å². The number of halogens is 1. The van der Waals surface area contributed by atoms with Crippen LogP contribution in [0, 0.1) is 0 Å². The zero-order chi connectivity index (χ0) is 18.6. The number of hydrogen-bond donors (Lipinski definition) is 1. The molecule has 8 heteroatoms. The van der Waals surface area contributed by atoms with Gasteiger partial charge in [-0.3, -0.25) is 14.4 Å². The van der Waals surface area contributed by atoms with Crippen molar-refractivity contribution in [3.63, 3.8) is 0 Å². The zero-order valence-electron chi connectivity index (χ0n) is 15.1. The standard InChI is InChI=1S/C19H24ClN5O2/c20-15-5-3-14(4-6-15)18-10-24-9-16(8-17(24)11-27-18)23-19(26)2-1-7-25-13-21-12-22-25/h3-6,12-13,16-18H,1-2,7-11H2,(H,23,26)/t16-,17-,18+/m0/s1. The number of amides is 1. The lowest BCUT2D eigenvalue weighted by Gasteiger charge is -2.35. The van der Waals surface area contributed by atoms with E-state index in [2.05, 4.69) is 20.3 Å². The molecule has 2 fully saturated rings. The second kappa shape index (κ2) is 8.37. The molecule has 27 heavy (non-hydrogen) atoms. The van der Waals surface area contributed by atoms with Crippen LogP contribution in [0.4, 0.5) is 0 Å². The fourth-order valence-electron chi connectivity index (χ4n) is 3.91. The van der Waals surface area contributed by atoms with Crippen LogP contribution < -0.4 is 5.32 Å². The van der Waals surface area contributed by atoms with Crippen LogP contribution in [-0.4, -0.2) is 57.4 Å². The minimum atomic E-state index is 0.0654. The molecule has 1 aromatic heterocycles. The lowest BCUT2D eigenvalue weighted by Crippen LogP contribution is -2.43. The van der Waals surface area contributed by atoms with E-state index in [1.54, 1.807) is 11.0 Å². The van der Waals surface area contributed by atoms with Crippen molar-refractivity contribution in [1.82, 2.24) is 25.0 Å². The first-order valence-corrected chi connectivity index (χ1v) is 9.78. The summed E-state index contributed by atoms with van der Waals surface area (Å²) in [5.41, 5.74) is 1.15. The number of aromatic nitrogens is 3. The van der Waals surface area contributed by atoms with E-state index in [0.717, 1.165) is 36.5 Å². The van der Waals surface area contributed by atoms with Crippen LogP contribution in [0.15, 0.2) is 36.9 Å². The Kier molecular flexibility index (Phi) is 5.71. The summed E-state index contributed by atoms with van der Waals surface area (Å²) in [5.74, 6) is 0.107. The number of benzene rings is 1. The summed E-state index contributed by atoms with van der Waals surface area (Å²) >= 11 is 5.97. The number of hydrogen-bond acceptors (Lipinski definition) is 5. The molecule has 2 aromatic rings. The van der Waals surface area contributed by atoms with Crippen LogP contribution in [0.5, 0.6) is 0 Å². The van der Waals surface area contributed by atoms with E-state index in [9.17, 15) is 4.79 Å². The summed E-state index contributed by atoms with van der Waals surface area (Å²) < 4.78 is 7.81. The lowest BCUT2D eigenvalue weighted by molar-refractivity contribution is -0.121. The molecular weight excluding hydrogens is 366 g/mol. The van der Waals surface area contributed by atoms with Gasteiger partial charge in [0.05, 0.1) is 12.7 Å². The third kappa shape index (κ3) is 4.66. The monoisotopic (exact) mass is 389 g/mol. The number of aryl methyl sites for hydroxylation is 1. The van der Waals surface area contributed by atoms with Gasteiger partial charge in [-0.2, -0.15) is 5.10 Å². The molecular formula is C19H24ClN5O2. The molecule has 144 valence electrons. The Morgan fingerprint density at radius 3 is 2.93 bits per heavy atom. The minimum Gasteiger partial charge on any atom is -0.371 e. The summed E-state index contributed by atoms with van der Waals surface area (Å²) in [4.78, 5) is 18.6. The maximum absolute atomic E-state index is 12.2. The molecule has 1 amide bonds. The maximum atomic E-state index is 12.2. The second-order valence-electron chi connectivity index (χ2n) is 7.24. The maximum Gasteiger partial charge on any atom is 0.220 e. The van der Waals surface area contributed by atoms with Crippen molar-refractivity contribution in [3.05, 3.63) is 47.5 Å². The quantitative estimate of drug-likeness (QED) is 0.818. The molecule has 3 atom stereocenters. The number of rotatable bonds is 6. The van der Waals surface area contributed by atoms with Crippen LogP contribution >= 0.6 is 11.6 Å². The average Bonchev–Trinajstić information content (AvgIpc) is 3.31. The van der Waals surface area contributed by atoms with Gasteiger partial charge < -0.3 is 10.1 Å². The normalized spacial score (nSPS) is 25.3. The van der Waals surface area contributed by atoms with Crippen LogP contribution in [0.25, 0.3) is 0 Å². The van der Waals surface area contributed by atoms with Crippen LogP contribution in [-0.2, 0) is 16.1 Å². The molecule has 0 radical (unpaired) electrons. The summed E-state index contributed by atoms with van der Waals surface area (Å²) in [6, 6.07) is 8.43. The van der Waals surface area contributed by atoms with E-state index in [1.807, 2.05) is 24.3 Å². The Hall–Kier alpha value is -1.96. The van der Waals surface area contributed by atoms with Crippen LogP contribution in [0.1, 0.15) is 30.9 Å². The molecule has 0 unspecified atom stereocenters. The SMILES string of the molecule is O=C(CCCn1cncn1)N[C@H]1C[C@H]2CO[C@@H](c3ccc(Cl)cc3)CN2C1. The second-order valence-corrected chi connectivity index (χ2v) is 7.68. The van der Waals surface area contributed by atoms with E-state index in [-0.39, 0.29) is 18.1 Å². The Labute approximate surface area is 163 Å². The predicted octanol–water partition coefficient (Wildman–Crippen LogP) is 2.04. The highest BCUT2D eigenvalue weighted by Gasteiger charge is 2.38. The highest BCUT2D eigenvalue weighted by atomic mass is 35.5. The number of morpholine rings is 1.